The van der Waals surface area contributed by atoms with E-state index in [1.165, 1.54) is 4.57 Å². The zero-order valence-corrected chi connectivity index (χ0v) is 10.9. The molecule has 1 heterocycles. The van der Waals surface area contributed by atoms with Gasteiger partial charge in [-0.1, -0.05) is 11.6 Å². The Morgan fingerprint density at radius 3 is 2.83 bits per heavy atom. The van der Waals surface area contributed by atoms with Gasteiger partial charge >= 0.3 is 5.69 Å². The van der Waals surface area contributed by atoms with Gasteiger partial charge in [0, 0.05) is 17.6 Å². The Balaban J connectivity index is 2.68. The van der Waals surface area contributed by atoms with Crippen molar-refractivity contribution in [2.24, 2.45) is 0 Å². The molecule has 0 fully saturated rings. The summed E-state index contributed by atoms with van der Waals surface area (Å²) in [4.78, 5) is 26.7. The number of likely N-dealkylation sites (N-methyl/N-ethyl adjacent to an activating group) is 1. The molecule has 0 bridgehead atoms. The summed E-state index contributed by atoms with van der Waals surface area (Å²) in [7, 11) is 1.78. The van der Waals surface area contributed by atoms with Crippen molar-refractivity contribution in [3.63, 3.8) is 0 Å². The number of nitrogens with zero attached hydrogens (tertiary/aromatic N) is 1. The van der Waals surface area contributed by atoms with Crippen molar-refractivity contribution in [1.82, 2.24) is 14.9 Å². The molecule has 2 aromatic rings. The highest BCUT2D eigenvalue weighted by Crippen LogP contribution is 2.13. The van der Waals surface area contributed by atoms with Crippen LogP contribution in [0.25, 0.3) is 10.9 Å². The quantitative estimate of drug-likeness (QED) is 0.870. The number of fused-ring (bicyclic) bond motifs is 1. The maximum absolute atomic E-state index is 12.2. The van der Waals surface area contributed by atoms with E-state index >= 15 is 0 Å². The molecule has 1 aromatic heterocycles. The average molecular weight is 268 g/mol. The molecule has 6 heteroatoms. The van der Waals surface area contributed by atoms with E-state index in [9.17, 15) is 9.59 Å². The molecule has 0 saturated heterocycles. The molecule has 0 spiro atoms. The maximum atomic E-state index is 12.2. The molecule has 0 aliphatic carbocycles. The molecule has 1 aromatic carbocycles. The van der Waals surface area contributed by atoms with E-state index in [4.69, 9.17) is 11.6 Å². The maximum Gasteiger partial charge on any atom is 0.328 e. The second-order valence-corrected chi connectivity index (χ2v) is 4.66. The van der Waals surface area contributed by atoms with Crippen LogP contribution in [0, 0.1) is 0 Å². The zero-order valence-electron chi connectivity index (χ0n) is 10.2. The molecule has 1 unspecified atom stereocenters. The van der Waals surface area contributed by atoms with Crippen LogP contribution in [0.1, 0.15) is 6.92 Å². The summed E-state index contributed by atoms with van der Waals surface area (Å²) in [6, 6.07) is 4.86. The summed E-state index contributed by atoms with van der Waals surface area (Å²) in [6.45, 7) is 2.21. The highest BCUT2D eigenvalue weighted by molar-refractivity contribution is 6.31. The van der Waals surface area contributed by atoms with Crippen molar-refractivity contribution in [3.8, 4) is 0 Å². The van der Waals surface area contributed by atoms with Crippen LogP contribution in [0.3, 0.4) is 0 Å². The summed E-state index contributed by atoms with van der Waals surface area (Å²) in [5.41, 5.74) is -0.224. The molecule has 0 radical (unpaired) electrons. The minimum atomic E-state index is -0.406. The van der Waals surface area contributed by atoms with Crippen molar-refractivity contribution in [3.05, 3.63) is 44.1 Å². The molecule has 18 heavy (non-hydrogen) atoms. The van der Waals surface area contributed by atoms with Gasteiger partial charge in [-0.2, -0.15) is 0 Å². The Hall–Kier alpha value is -1.59. The Bertz CT molecular complexity index is 690. The van der Waals surface area contributed by atoms with E-state index in [0.717, 1.165) is 0 Å². The van der Waals surface area contributed by atoms with Gasteiger partial charge in [-0.05, 0) is 32.2 Å². The lowest BCUT2D eigenvalue weighted by Crippen LogP contribution is -2.40. The summed E-state index contributed by atoms with van der Waals surface area (Å²) < 4.78 is 1.18. The first-order valence-corrected chi connectivity index (χ1v) is 6.00. The van der Waals surface area contributed by atoms with Crippen LogP contribution in [0.5, 0.6) is 0 Å². The third-order valence-electron chi connectivity index (χ3n) is 2.89. The van der Waals surface area contributed by atoms with Crippen molar-refractivity contribution in [2.75, 3.05) is 7.05 Å². The van der Waals surface area contributed by atoms with E-state index in [-0.39, 0.29) is 11.6 Å². The van der Waals surface area contributed by atoms with E-state index in [2.05, 4.69) is 10.3 Å². The minimum Gasteiger partial charge on any atom is -0.315 e. The van der Waals surface area contributed by atoms with Crippen LogP contribution in [0.15, 0.2) is 27.8 Å². The standard InChI is InChI=1S/C12H14ClN3O2/c1-7(14-2)6-16-11(17)9-5-8(13)3-4-10(9)15-12(16)18/h3-5,7,14H,6H2,1-2H3,(H,15,18). The van der Waals surface area contributed by atoms with Crippen LogP contribution in [0.2, 0.25) is 5.02 Å². The SMILES string of the molecule is CNC(C)Cn1c(=O)[nH]c2ccc(Cl)cc2c1=O. The number of rotatable bonds is 3. The number of aromatic nitrogens is 2. The molecule has 0 amide bonds. The zero-order chi connectivity index (χ0) is 13.3. The number of hydrogen-bond acceptors (Lipinski definition) is 3. The number of nitrogens with one attached hydrogen (secondary N) is 2. The Kier molecular flexibility index (Phi) is 3.54. The Morgan fingerprint density at radius 2 is 2.17 bits per heavy atom. The predicted octanol–water partition coefficient (Wildman–Crippen LogP) is 0.951. The predicted molar refractivity (Wildman–Crippen MR) is 72.4 cm³/mol. The molecule has 0 saturated carbocycles. The normalized spacial score (nSPS) is 12.8. The fourth-order valence-electron chi connectivity index (χ4n) is 1.75. The molecule has 2 N–H and O–H groups in total. The van der Waals surface area contributed by atoms with Gasteiger partial charge < -0.3 is 10.3 Å². The van der Waals surface area contributed by atoms with E-state index in [1.807, 2.05) is 6.92 Å². The fraction of sp³-hybridized carbons (Fsp3) is 0.333. The molecule has 0 aliphatic heterocycles. The van der Waals surface area contributed by atoms with Gasteiger partial charge in [0.05, 0.1) is 10.9 Å². The fourth-order valence-corrected chi connectivity index (χ4v) is 1.93. The number of H-pyrrole nitrogens is 1. The first-order chi connectivity index (χ1) is 8.52. The Labute approximate surface area is 108 Å². The van der Waals surface area contributed by atoms with E-state index in [0.29, 0.717) is 22.5 Å². The lowest BCUT2D eigenvalue weighted by atomic mass is 10.2. The lowest BCUT2D eigenvalue weighted by Gasteiger charge is -2.12. The van der Waals surface area contributed by atoms with Gasteiger partial charge in [0.25, 0.3) is 5.56 Å². The van der Waals surface area contributed by atoms with Crippen LogP contribution in [-0.4, -0.2) is 22.6 Å². The summed E-state index contributed by atoms with van der Waals surface area (Å²) in [6.07, 6.45) is 0. The number of halogens is 1. The average Bonchev–Trinajstić information content (AvgIpc) is 2.35. The van der Waals surface area contributed by atoms with Crippen molar-refractivity contribution in [1.29, 1.82) is 0 Å². The molecule has 1 atom stereocenters. The van der Waals surface area contributed by atoms with Gasteiger partial charge in [-0.25, -0.2) is 4.79 Å². The second-order valence-electron chi connectivity index (χ2n) is 4.23. The largest absolute Gasteiger partial charge is 0.328 e. The van der Waals surface area contributed by atoms with Crippen molar-refractivity contribution in [2.45, 2.75) is 19.5 Å². The van der Waals surface area contributed by atoms with E-state index in [1.54, 1.807) is 25.2 Å². The second kappa shape index (κ2) is 4.96. The third kappa shape index (κ3) is 2.32. The molecular weight excluding hydrogens is 254 g/mol. The van der Waals surface area contributed by atoms with Crippen molar-refractivity contribution < 1.29 is 0 Å². The lowest BCUT2D eigenvalue weighted by molar-refractivity contribution is 0.492. The highest BCUT2D eigenvalue weighted by atomic mass is 35.5. The third-order valence-corrected chi connectivity index (χ3v) is 3.13. The number of hydrogen-bond donors (Lipinski definition) is 2. The molecule has 2 rings (SSSR count). The highest BCUT2D eigenvalue weighted by Gasteiger charge is 2.10. The minimum absolute atomic E-state index is 0.0282. The molecule has 96 valence electrons. The van der Waals surface area contributed by atoms with Crippen molar-refractivity contribution >= 4 is 22.5 Å². The van der Waals surface area contributed by atoms with E-state index < -0.39 is 5.69 Å². The van der Waals surface area contributed by atoms with Gasteiger partial charge in [0.2, 0.25) is 0 Å². The summed E-state index contributed by atoms with van der Waals surface area (Å²) >= 11 is 5.86. The van der Waals surface area contributed by atoms with Crippen LogP contribution >= 0.6 is 11.6 Å². The van der Waals surface area contributed by atoms with Gasteiger partial charge in [0.15, 0.2) is 0 Å². The first-order valence-electron chi connectivity index (χ1n) is 5.62. The van der Waals surface area contributed by atoms with Crippen LogP contribution in [-0.2, 0) is 6.54 Å². The summed E-state index contributed by atoms with van der Waals surface area (Å²) in [5.74, 6) is 0. The topological polar surface area (TPSA) is 66.9 Å². The molecule has 5 nitrogen and oxygen atoms in total. The smallest absolute Gasteiger partial charge is 0.315 e. The monoisotopic (exact) mass is 267 g/mol. The Morgan fingerprint density at radius 1 is 1.44 bits per heavy atom. The number of aromatic amines is 1. The van der Waals surface area contributed by atoms with Gasteiger partial charge in [0.1, 0.15) is 0 Å². The van der Waals surface area contributed by atoms with Crippen LogP contribution < -0.4 is 16.6 Å². The summed E-state index contributed by atoms with van der Waals surface area (Å²) in [5, 5.41) is 3.88. The number of benzene rings is 1. The molecule has 0 aliphatic rings. The molecular formula is C12H14ClN3O2. The van der Waals surface area contributed by atoms with Gasteiger partial charge in [-0.15, -0.1) is 0 Å². The van der Waals surface area contributed by atoms with Gasteiger partial charge in [-0.3, -0.25) is 9.36 Å². The first kappa shape index (κ1) is 12.9. The van der Waals surface area contributed by atoms with Crippen LogP contribution in [0.4, 0.5) is 0 Å².